The van der Waals surface area contributed by atoms with Crippen LogP contribution in [0.3, 0.4) is 0 Å². The third kappa shape index (κ3) is 6.86. The van der Waals surface area contributed by atoms with Gasteiger partial charge in [-0.2, -0.15) is 0 Å². The van der Waals surface area contributed by atoms with Gasteiger partial charge < -0.3 is 4.74 Å². The molecule has 0 aromatic rings. The zero-order valence-electron chi connectivity index (χ0n) is 11.8. The predicted molar refractivity (Wildman–Crippen MR) is 69.9 cm³/mol. The first-order valence-corrected chi connectivity index (χ1v) is 6.88. The second kappa shape index (κ2) is 7.63. The minimum Gasteiger partial charge on any atom is -0.431 e. The van der Waals surface area contributed by atoms with E-state index >= 15 is 0 Å². The molecular weight excluding hydrogens is 256 g/mol. The topological polar surface area (TPSA) is 61.8 Å². The molecular formula is C12H22O5S. The van der Waals surface area contributed by atoms with Crippen LogP contribution in [0, 0.1) is 11.3 Å². The van der Waals surface area contributed by atoms with Crippen molar-refractivity contribution >= 4 is 23.0 Å². The molecule has 0 amide bonds. The standard InChI is InChI=1S/C12H22O5S/c1-7-18-11(14)17-16-9(8(2)3)15-10(13)12(4,5)6/h8-9H,7H2,1-6H3. The molecule has 0 saturated heterocycles. The van der Waals surface area contributed by atoms with Gasteiger partial charge in [0.15, 0.2) is 0 Å². The summed E-state index contributed by atoms with van der Waals surface area (Å²) in [6.07, 6.45) is -0.891. The van der Waals surface area contributed by atoms with Gasteiger partial charge in [0.05, 0.1) is 5.41 Å². The molecule has 5 nitrogen and oxygen atoms in total. The minimum atomic E-state index is -0.891. The van der Waals surface area contributed by atoms with Crippen molar-refractivity contribution in [1.29, 1.82) is 0 Å². The maximum atomic E-state index is 11.7. The van der Waals surface area contributed by atoms with Gasteiger partial charge in [0.1, 0.15) is 0 Å². The van der Waals surface area contributed by atoms with Crippen LogP contribution in [0.4, 0.5) is 4.79 Å². The van der Waals surface area contributed by atoms with Crippen molar-refractivity contribution in [1.82, 2.24) is 0 Å². The fourth-order valence-electron chi connectivity index (χ4n) is 0.778. The first-order chi connectivity index (χ1) is 8.18. The maximum absolute atomic E-state index is 11.7. The average molecular weight is 278 g/mol. The number of rotatable bonds is 5. The normalized spacial score (nSPS) is 13.3. The van der Waals surface area contributed by atoms with Gasteiger partial charge in [-0.3, -0.25) is 9.68 Å². The molecule has 0 aliphatic heterocycles. The van der Waals surface area contributed by atoms with E-state index in [1.54, 1.807) is 34.6 Å². The summed E-state index contributed by atoms with van der Waals surface area (Å²) < 4.78 is 5.16. The lowest BCUT2D eigenvalue weighted by Gasteiger charge is -2.24. The maximum Gasteiger partial charge on any atom is 0.400 e. The Morgan fingerprint density at radius 1 is 1.22 bits per heavy atom. The molecule has 0 N–H and O–H groups in total. The quantitative estimate of drug-likeness (QED) is 0.332. The highest BCUT2D eigenvalue weighted by Crippen LogP contribution is 2.20. The SMILES string of the molecule is CCSC(=O)OOC(OC(=O)C(C)(C)C)C(C)C. The molecule has 106 valence electrons. The summed E-state index contributed by atoms with van der Waals surface area (Å²) >= 11 is 0.983. The monoisotopic (exact) mass is 278 g/mol. The van der Waals surface area contributed by atoms with E-state index in [4.69, 9.17) is 9.62 Å². The van der Waals surface area contributed by atoms with E-state index in [0.29, 0.717) is 5.75 Å². The van der Waals surface area contributed by atoms with E-state index in [1.165, 1.54) is 0 Å². The van der Waals surface area contributed by atoms with Crippen LogP contribution >= 0.6 is 11.8 Å². The highest BCUT2D eigenvalue weighted by Gasteiger charge is 2.29. The van der Waals surface area contributed by atoms with Crippen LogP contribution < -0.4 is 0 Å². The summed E-state index contributed by atoms with van der Waals surface area (Å²) in [4.78, 5) is 32.3. The first kappa shape index (κ1) is 17.2. The molecule has 0 aliphatic rings. The molecule has 0 heterocycles. The van der Waals surface area contributed by atoms with Crippen molar-refractivity contribution < 1.29 is 24.1 Å². The van der Waals surface area contributed by atoms with E-state index < -0.39 is 23.0 Å². The van der Waals surface area contributed by atoms with E-state index in [9.17, 15) is 9.59 Å². The van der Waals surface area contributed by atoms with Crippen molar-refractivity contribution in [2.24, 2.45) is 11.3 Å². The third-order valence-corrected chi connectivity index (χ3v) is 2.45. The Morgan fingerprint density at radius 3 is 2.17 bits per heavy atom. The Labute approximate surface area is 112 Å². The Morgan fingerprint density at radius 2 is 1.78 bits per heavy atom. The van der Waals surface area contributed by atoms with Gasteiger partial charge in [-0.1, -0.05) is 20.8 Å². The molecule has 0 aromatic heterocycles. The number of esters is 1. The smallest absolute Gasteiger partial charge is 0.400 e. The van der Waals surface area contributed by atoms with Crippen LogP contribution in [0.15, 0.2) is 0 Å². The summed E-state index contributed by atoms with van der Waals surface area (Å²) in [6, 6.07) is 0. The molecule has 1 unspecified atom stereocenters. The van der Waals surface area contributed by atoms with E-state index in [-0.39, 0.29) is 5.92 Å². The summed E-state index contributed by atoms with van der Waals surface area (Å²) in [6.45, 7) is 10.7. The van der Waals surface area contributed by atoms with Gasteiger partial charge in [-0.05, 0) is 32.5 Å². The minimum absolute atomic E-state index is 0.115. The Bertz CT molecular complexity index is 283. The van der Waals surface area contributed by atoms with Crippen molar-refractivity contribution in [3.8, 4) is 0 Å². The van der Waals surface area contributed by atoms with Crippen LogP contribution in [0.2, 0.25) is 0 Å². The fraction of sp³-hybridized carbons (Fsp3) is 0.833. The van der Waals surface area contributed by atoms with Crippen molar-refractivity contribution in [3.05, 3.63) is 0 Å². The lowest BCUT2D eigenvalue weighted by Crippen LogP contribution is -2.33. The van der Waals surface area contributed by atoms with Gasteiger partial charge in [0, 0.05) is 11.7 Å². The molecule has 0 spiro atoms. The summed E-state index contributed by atoms with van der Waals surface area (Å²) in [5, 5.41) is -0.546. The van der Waals surface area contributed by atoms with Gasteiger partial charge in [0.2, 0.25) is 6.29 Å². The molecule has 18 heavy (non-hydrogen) atoms. The second-order valence-electron chi connectivity index (χ2n) is 5.13. The Hall–Kier alpha value is -0.750. The molecule has 0 fully saturated rings. The van der Waals surface area contributed by atoms with Crippen molar-refractivity contribution in [3.63, 3.8) is 0 Å². The molecule has 1 atom stereocenters. The van der Waals surface area contributed by atoms with Gasteiger partial charge >= 0.3 is 11.3 Å². The number of hydrogen-bond acceptors (Lipinski definition) is 6. The van der Waals surface area contributed by atoms with E-state index in [2.05, 4.69) is 4.89 Å². The van der Waals surface area contributed by atoms with Crippen LogP contribution in [-0.2, 0) is 19.3 Å². The number of hydrogen-bond donors (Lipinski definition) is 0. The third-order valence-electron chi connectivity index (χ3n) is 1.85. The molecule has 6 heteroatoms. The van der Waals surface area contributed by atoms with Gasteiger partial charge in [-0.15, -0.1) is 4.89 Å². The van der Waals surface area contributed by atoms with E-state index in [1.807, 2.05) is 6.92 Å². The lowest BCUT2D eigenvalue weighted by atomic mass is 9.97. The molecule has 0 aromatic carbocycles. The number of carbonyl (C=O) groups is 2. The lowest BCUT2D eigenvalue weighted by molar-refractivity contribution is -0.337. The second-order valence-corrected chi connectivity index (χ2v) is 6.33. The zero-order chi connectivity index (χ0) is 14.3. The number of ether oxygens (including phenoxy) is 1. The summed E-state index contributed by atoms with van der Waals surface area (Å²) in [5.74, 6) is 0.0761. The number of thioether (sulfide) groups is 1. The van der Waals surface area contributed by atoms with Crippen LogP contribution in [0.1, 0.15) is 41.5 Å². The largest absolute Gasteiger partial charge is 0.431 e. The average Bonchev–Trinajstić information content (AvgIpc) is 2.22. The summed E-state index contributed by atoms with van der Waals surface area (Å²) in [7, 11) is 0. The van der Waals surface area contributed by atoms with Crippen LogP contribution in [-0.4, -0.2) is 23.3 Å². The van der Waals surface area contributed by atoms with Crippen molar-refractivity contribution in [2.45, 2.75) is 47.8 Å². The van der Waals surface area contributed by atoms with Crippen molar-refractivity contribution in [2.75, 3.05) is 5.75 Å². The predicted octanol–water partition coefficient (Wildman–Crippen LogP) is 3.38. The molecule has 0 bridgehead atoms. The zero-order valence-corrected chi connectivity index (χ0v) is 12.6. The highest BCUT2D eigenvalue weighted by molar-refractivity contribution is 8.13. The molecule has 0 aliphatic carbocycles. The fourth-order valence-corrected chi connectivity index (χ4v) is 1.10. The molecule has 0 radical (unpaired) electrons. The van der Waals surface area contributed by atoms with Gasteiger partial charge in [-0.25, -0.2) is 4.79 Å². The Kier molecular flexibility index (Phi) is 7.32. The Balaban J connectivity index is 4.33. The molecule has 0 saturated carbocycles. The highest BCUT2D eigenvalue weighted by atomic mass is 32.2. The van der Waals surface area contributed by atoms with E-state index in [0.717, 1.165) is 11.8 Å². The van der Waals surface area contributed by atoms with Crippen LogP contribution in [0.25, 0.3) is 0 Å². The van der Waals surface area contributed by atoms with Crippen LogP contribution in [0.5, 0.6) is 0 Å². The summed E-state index contributed by atoms with van der Waals surface area (Å²) in [5.41, 5.74) is -0.626. The van der Waals surface area contributed by atoms with Gasteiger partial charge in [0.25, 0.3) is 0 Å². The first-order valence-electron chi connectivity index (χ1n) is 5.89. The molecule has 0 rings (SSSR count). The number of carbonyl (C=O) groups excluding carboxylic acids is 2.